The zero-order valence-corrected chi connectivity index (χ0v) is 23.7. The van der Waals surface area contributed by atoms with Crippen LogP contribution in [0.2, 0.25) is 5.02 Å². The fraction of sp³-hybridized carbons (Fsp3) is 0.462. The van der Waals surface area contributed by atoms with E-state index in [9.17, 15) is 22.4 Å². The van der Waals surface area contributed by atoms with Crippen LogP contribution >= 0.6 is 11.6 Å². The molecule has 0 saturated carbocycles. The molecule has 1 heterocycles. The van der Waals surface area contributed by atoms with Crippen molar-refractivity contribution in [3.8, 4) is 11.5 Å². The van der Waals surface area contributed by atoms with E-state index in [0.29, 0.717) is 24.7 Å². The summed E-state index contributed by atoms with van der Waals surface area (Å²) in [5.74, 6) is -0.744. The predicted octanol–water partition coefficient (Wildman–Crippen LogP) is 2.15. The molecule has 3 N–H and O–H groups in total. The van der Waals surface area contributed by atoms with E-state index in [1.807, 2.05) is 18.6 Å². The van der Waals surface area contributed by atoms with Crippen LogP contribution in [0.15, 0.2) is 42.5 Å². The Bertz CT molecular complexity index is 1260. The number of rotatable bonds is 11. The maximum absolute atomic E-state index is 13.2. The molecule has 1 saturated heterocycles. The molecule has 2 aromatic rings. The highest BCUT2D eigenvalue weighted by atomic mass is 35.5. The quantitative estimate of drug-likeness (QED) is 0.411. The molecule has 0 aromatic heterocycles. The Balaban J connectivity index is 1.54. The van der Waals surface area contributed by atoms with Crippen molar-refractivity contribution in [2.24, 2.45) is 5.73 Å². The van der Waals surface area contributed by atoms with Gasteiger partial charge in [0.1, 0.15) is 5.82 Å². The Morgan fingerprint density at radius 2 is 1.79 bits per heavy atom. The largest absolute Gasteiger partial charge is 0.490 e. The number of halogens is 2. The third-order valence-corrected chi connectivity index (χ3v) is 7.11. The number of amides is 2. The molecule has 0 bridgehead atoms. The van der Waals surface area contributed by atoms with Gasteiger partial charge in [-0.15, -0.1) is 0 Å². The van der Waals surface area contributed by atoms with Crippen LogP contribution in [0, 0.1) is 5.82 Å². The summed E-state index contributed by atoms with van der Waals surface area (Å²) in [6, 6.07) is 10.0. The van der Waals surface area contributed by atoms with Crippen LogP contribution in [0.5, 0.6) is 11.5 Å². The smallest absolute Gasteiger partial charge is 0.260 e. The van der Waals surface area contributed by atoms with Crippen molar-refractivity contribution in [2.45, 2.75) is 44.9 Å². The number of ether oxygens (including phenoxy) is 2. The van der Waals surface area contributed by atoms with E-state index in [1.54, 1.807) is 29.2 Å². The van der Waals surface area contributed by atoms with E-state index in [1.165, 1.54) is 18.2 Å². The summed E-state index contributed by atoms with van der Waals surface area (Å²) in [7, 11) is -3.72. The molecule has 1 aliphatic rings. The van der Waals surface area contributed by atoms with Crippen molar-refractivity contribution >= 4 is 33.4 Å². The number of hydrogen-bond acceptors (Lipinski definition) is 8. The minimum Gasteiger partial charge on any atom is -0.490 e. The second-order valence-electron chi connectivity index (χ2n) is 9.66. The predicted molar refractivity (Wildman–Crippen MR) is 145 cm³/mol. The number of piperazine rings is 1. The monoisotopic (exact) mass is 584 g/mol. The van der Waals surface area contributed by atoms with Crippen LogP contribution in [-0.4, -0.2) is 80.7 Å². The molecule has 3 atom stereocenters. The van der Waals surface area contributed by atoms with Gasteiger partial charge < -0.3 is 20.1 Å². The van der Waals surface area contributed by atoms with Gasteiger partial charge in [-0.05, 0) is 43.7 Å². The van der Waals surface area contributed by atoms with Gasteiger partial charge >= 0.3 is 0 Å². The molecule has 0 radical (unpaired) electrons. The molecule has 2 amide bonds. The summed E-state index contributed by atoms with van der Waals surface area (Å²) in [5.41, 5.74) is 6.74. The Labute approximate surface area is 233 Å². The standard InChI is InChI=1S/C26H34ClFN4O6S/c1-17-14-32(18(2)13-31(17)15-19-4-7-21(28)8-5-19)25(33)16-38-23-9-6-20(27)12-24(23)37-11-10-22(29)26(34)30-39(3,35)36/h4-9,12,17-18,22H,10-11,13-16,29H2,1-3H3,(H,30,34). The number of nitrogens with one attached hydrogen (secondary N) is 1. The summed E-state index contributed by atoms with van der Waals surface area (Å²) in [5, 5.41) is 0.377. The van der Waals surface area contributed by atoms with Crippen LogP contribution in [0.4, 0.5) is 4.39 Å². The molecule has 13 heteroatoms. The highest BCUT2D eigenvalue weighted by Crippen LogP contribution is 2.31. The van der Waals surface area contributed by atoms with Gasteiger partial charge in [0.2, 0.25) is 15.9 Å². The lowest BCUT2D eigenvalue weighted by Gasteiger charge is -2.44. The fourth-order valence-corrected chi connectivity index (χ4v) is 4.89. The van der Waals surface area contributed by atoms with Gasteiger partial charge in [-0.2, -0.15) is 0 Å². The number of carbonyl (C=O) groups excluding carboxylic acids is 2. The summed E-state index contributed by atoms with van der Waals surface area (Å²) < 4.78 is 48.9. The molecule has 2 aromatic carbocycles. The van der Waals surface area contributed by atoms with Crippen molar-refractivity contribution in [1.82, 2.24) is 14.5 Å². The molecule has 1 aliphatic heterocycles. The number of hydrogen-bond donors (Lipinski definition) is 2. The van der Waals surface area contributed by atoms with Crippen LogP contribution in [0.1, 0.15) is 25.8 Å². The molecule has 214 valence electrons. The molecular weight excluding hydrogens is 551 g/mol. The molecule has 3 unspecified atom stereocenters. The topological polar surface area (TPSA) is 131 Å². The van der Waals surface area contributed by atoms with Crippen LogP contribution in [0.3, 0.4) is 0 Å². The summed E-state index contributed by atoms with van der Waals surface area (Å²) in [6.07, 6.45) is 0.893. The third kappa shape index (κ3) is 9.34. The minimum absolute atomic E-state index is 0.0203. The van der Waals surface area contributed by atoms with Crippen molar-refractivity contribution in [3.05, 3.63) is 58.9 Å². The highest BCUT2D eigenvalue weighted by molar-refractivity contribution is 7.89. The van der Waals surface area contributed by atoms with E-state index < -0.39 is 22.0 Å². The van der Waals surface area contributed by atoms with E-state index in [2.05, 4.69) is 4.90 Å². The zero-order valence-electron chi connectivity index (χ0n) is 22.1. The van der Waals surface area contributed by atoms with E-state index in [-0.39, 0.29) is 54.9 Å². The van der Waals surface area contributed by atoms with Gasteiger partial charge in [-0.1, -0.05) is 23.7 Å². The SMILES string of the molecule is CC1CN(C(=O)COc2ccc(Cl)cc2OCCC(N)C(=O)NS(C)(=O)=O)C(C)CN1Cc1ccc(F)cc1. The lowest BCUT2D eigenvalue weighted by molar-refractivity contribution is -0.139. The number of carbonyl (C=O) groups is 2. The summed E-state index contributed by atoms with van der Waals surface area (Å²) in [6.45, 7) is 5.62. The first-order chi connectivity index (χ1) is 18.3. The Morgan fingerprint density at radius 1 is 1.10 bits per heavy atom. The van der Waals surface area contributed by atoms with Gasteiger partial charge in [0.05, 0.1) is 18.9 Å². The first-order valence-electron chi connectivity index (χ1n) is 12.4. The average Bonchev–Trinajstić information content (AvgIpc) is 2.85. The highest BCUT2D eigenvalue weighted by Gasteiger charge is 2.32. The Kier molecular flexibility index (Phi) is 10.5. The number of nitrogens with zero attached hydrogens (tertiary/aromatic N) is 2. The molecule has 0 spiro atoms. The van der Waals surface area contributed by atoms with Crippen molar-refractivity contribution in [2.75, 3.05) is 32.6 Å². The number of sulfonamides is 1. The lowest BCUT2D eigenvalue weighted by atomic mass is 10.1. The van der Waals surface area contributed by atoms with Crippen molar-refractivity contribution in [1.29, 1.82) is 0 Å². The summed E-state index contributed by atoms with van der Waals surface area (Å²) in [4.78, 5) is 29.0. The van der Waals surface area contributed by atoms with Gasteiger partial charge in [0.25, 0.3) is 5.91 Å². The third-order valence-electron chi connectivity index (χ3n) is 6.30. The second kappa shape index (κ2) is 13.4. The van der Waals surface area contributed by atoms with E-state index in [4.69, 9.17) is 26.8 Å². The van der Waals surface area contributed by atoms with Gasteiger partial charge in [0.15, 0.2) is 18.1 Å². The van der Waals surface area contributed by atoms with Gasteiger partial charge in [0, 0.05) is 49.2 Å². The Hall–Kier alpha value is -2.93. The Morgan fingerprint density at radius 3 is 2.46 bits per heavy atom. The fourth-order valence-electron chi connectivity index (χ4n) is 4.21. The van der Waals surface area contributed by atoms with Crippen LogP contribution in [-0.2, 0) is 26.2 Å². The molecular formula is C26H34ClFN4O6S. The zero-order chi connectivity index (χ0) is 28.7. The average molecular weight is 585 g/mol. The van der Waals surface area contributed by atoms with Gasteiger partial charge in [-0.25, -0.2) is 12.8 Å². The molecule has 1 fully saturated rings. The maximum atomic E-state index is 13.2. The van der Waals surface area contributed by atoms with E-state index >= 15 is 0 Å². The van der Waals surface area contributed by atoms with Crippen molar-refractivity contribution < 1.29 is 31.9 Å². The minimum atomic E-state index is -3.72. The normalized spacial score (nSPS) is 18.9. The molecule has 3 rings (SSSR count). The number of benzene rings is 2. The molecule has 0 aliphatic carbocycles. The van der Waals surface area contributed by atoms with E-state index in [0.717, 1.165) is 11.8 Å². The molecule has 39 heavy (non-hydrogen) atoms. The van der Waals surface area contributed by atoms with Crippen molar-refractivity contribution in [3.63, 3.8) is 0 Å². The summed E-state index contributed by atoms with van der Waals surface area (Å²) >= 11 is 6.09. The second-order valence-corrected chi connectivity index (χ2v) is 11.8. The van der Waals surface area contributed by atoms with Crippen LogP contribution in [0.25, 0.3) is 0 Å². The van der Waals surface area contributed by atoms with Gasteiger partial charge in [-0.3, -0.25) is 19.2 Å². The first kappa shape index (κ1) is 30.6. The van der Waals surface area contributed by atoms with Crippen LogP contribution < -0.4 is 19.9 Å². The maximum Gasteiger partial charge on any atom is 0.260 e. The molecule has 10 nitrogen and oxygen atoms in total. The first-order valence-corrected chi connectivity index (χ1v) is 14.7. The lowest BCUT2D eigenvalue weighted by Crippen LogP contribution is -2.58. The number of nitrogens with two attached hydrogens (primary N) is 1.